The van der Waals surface area contributed by atoms with Gasteiger partial charge in [-0.3, -0.25) is 9.59 Å². The van der Waals surface area contributed by atoms with E-state index < -0.39 is 19.2 Å². The summed E-state index contributed by atoms with van der Waals surface area (Å²) in [6, 6.07) is 4.91. The molecule has 28 heavy (non-hydrogen) atoms. The maximum Gasteiger partial charge on any atom is 0.250 e. The molecule has 2 rings (SSSR count). The molecule has 6 nitrogen and oxygen atoms in total. The Morgan fingerprint density at radius 2 is 1.54 bits per heavy atom. The summed E-state index contributed by atoms with van der Waals surface area (Å²) >= 11 is 38.5. The van der Waals surface area contributed by atoms with Gasteiger partial charge in [-0.15, -0.1) is 0 Å². The van der Waals surface area contributed by atoms with Crippen LogP contribution in [0.2, 0.25) is 0 Å². The quantitative estimate of drug-likeness (QED) is 0.377. The van der Waals surface area contributed by atoms with E-state index in [0.717, 1.165) is 0 Å². The summed E-state index contributed by atoms with van der Waals surface area (Å²) in [6.45, 7) is 1.06. The van der Waals surface area contributed by atoms with Crippen LogP contribution in [-0.2, 0) is 17.2 Å². The fourth-order valence-corrected chi connectivity index (χ4v) is 2.88. The van der Waals surface area contributed by atoms with Gasteiger partial charge in [0.1, 0.15) is 0 Å². The van der Waals surface area contributed by atoms with Crippen LogP contribution in [-0.4, -0.2) is 33.1 Å². The minimum atomic E-state index is -1.96. The average Bonchev–Trinajstić information content (AvgIpc) is 2.58. The summed E-state index contributed by atoms with van der Waals surface area (Å²) in [6.07, 6.45) is 0. The maximum atomic E-state index is 11.4. The number of hydrogen-bond acceptors (Lipinski definition) is 6. The topological polar surface area (TPSA) is 84.8 Å². The Balaban J connectivity index is 2.43. The minimum absolute atomic E-state index is 0.102. The predicted octanol–water partition coefficient (Wildman–Crippen LogP) is 5.52. The van der Waals surface area contributed by atoms with E-state index in [2.05, 4.69) is 36.2 Å². The average molecular weight is 570 g/mol. The Morgan fingerprint density at radius 1 is 1.00 bits per heavy atom. The first-order valence-corrected chi connectivity index (χ1v) is 10.3. The zero-order valence-electron chi connectivity index (χ0n) is 13.7. The van der Waals surface area contributed by atoms with Crippen molar-refractivity contribution in [3.63, 3.8) is 0 Å². The number of halogens is 7. The van der Waals surface area contributed by atoms with Gasteiger partial charge in [0.25, 0.3) is 0 Å². The summed E-state index contributed by atoms with van der Waals surface area (Å²) in [7, 11) is 0. The van der Waals surface area contributed by atoms with Gasteiger partial charge in [-0.2, -0.15) is 0 Å². The van der Waals surface area contributed by atoms with Crippen LogP contribution >= 0.6 is 85.5 Å². The van der Waals surface area contributed by atoms with Gasteiger partial charge in [-0.25, -0.2) is 15.0 Å². The van der Waals surface area contributed by atoms with Gasteiger partial charge in [0.2, 0.25) is 13.4 Å². The fourth-order valence-electron chi connectivity index (χ4n) is 1.86. The molecule has 13 heteroatoms. The van der Waals surface area contributed by atoms with Gasteiger partial charge in [-0.05, 0) is 34.1 Å². The second-order valence-electron chi connectivity index (χ2n) is 5.33. The Labute approximate surface area is 198 Å². The highest BCUT2D eigenvalue weighted by Crippen LogP contribution is 2.41. The smallest absolute Gasteiger partial charge is 0.250 e. The van der Waals surface area contributed by atoms with Gasteiger partial charge in [0.15, 0.2) is 23.3 Å². The first kappa shape index (κ1) is 23.9. The van der Waals surface area contributed by atoms with Crippen molar-refractivity contribution in [2.45, 2.75) is 14.5 Å². The van der Waals surface area contributed by atoms with Crippen LogP contribution < -0.4 is 5.32 Å². The molecular formula is C15H9BrCl6N4O2. The minimum Gasteiger partial charge on any atom is -0.377 e. The lowest BCUT2D eigenvalue weighted by molar-refractivity contribution is -0.134. The van der Waals surface area contributed by atoms with Crippen molar-refractivity contribution in [3.05, 3.63) is 34.3 Å². The molecule has 2 aromatic rings. The van der Waals surface area contributed by atoms with Crippen molar-refractivity contribution in [1.82, 2.24) is 15.0 Å². The number of alkyl halides is 6. The number of anilines is 1. The van der Waals surface area contributed by atoms with Crippen molar-refractivity contribution in [3.8, 4) is 11.4 Å². The lowest BCUT2D eigenvalue weighted by Gasteiger charge is -2.16. The predicted molar refractivity (Wildman–Crippen MR) is 116 cm³/mol. The number of Topliss-reactive ketones (excluding diaryl/α,β-unsaturated/α-hetero) is 2. The van der Waals surface area contributed by atoms with Crippen molar-refractivity contribution in [1.29, 1.82) is 0 Å². The third-order valence-electron chi connectivity index (χ3n) is 3.20. The molecule has 0 unspecified atom stereocenters. The largest absolute Gasteiger partial charge is 0.377 e. The molecule has 1 N–H and O–H groups in total. The number of carbonyl (C=O) groups is 2. The number of ketones is 2. The van der Waals surface area contributed by atoms with Crippen molar-refractivity contribution >= 4 is 103 Å². The summed E-state index contributed by atoms with van der Waals surface area (Å²) < 4.78 is -3.37. The van der Waals surface area contributed by atoms with Gasteiger partial charge in [-0.1, -0.05) is 69.6 Å². The molecule has 1 aromatic heterocycles. The monoisotopic (exact) mass is 566 g/mol. The van der Waals surface area contributed by atoms with Crippen molar-refractivity contribution in [2.75, 3.05) is 11.9 Å². The van der Waals surface area contributed by atoms with E-state index in [1.54, 1.807) is 18.2 Å². The van der Waals surface area contributed by atoms with E-state index in [1.165, 1.54) is 6.92 Å². The van der Waals surface area contributed by atoms with E-state index in [4.69, 9.17) is 69.6 Å². The normalized spacial score (nSPS) is 12.0. The standard InChI is InChI=1S/C15H9BrCl6N4O2/c1-6(27)10(28)5-23-9-3-2-7(4-8(9)16)11-24-12(14(17,18)19)26-13(25-11)15(20,21)22/h2-4,23H,5H2,1H3. The molecule has 0 saturated heterocycles. The van der Waals surface area contributed by atoms with E-state index >= 15 is 0 Å². The second-order valence-corrected chi connectivity index (χ2v) is 10.7. The second kappa shape index (κ2) is 9.16. The fraction of sp³-hybridized carbons (Fsp3) is 0.267. The Morgan fingerprint density at radius 3 is 1.96 bits per heavy atom. The Hall–Kier alpha value is -0.410. The van der Waals surface area contributed by atoms with E-state index in [-0.39, 0.29) is 24.0 Å². The molecule has 0 bridgehead atoms. The molecule has 1 heterocycles. The Bertz CT molecular complexity index is 897. The lowest BCUT2D eigenvalue weighted by Crippen LogP contribution is -2.20. The van der Waals surface area contributed by atoms with Crippen LogP contribution in [0, 0.1) is 0 Å². The molecule has 0 amide bonds. The zero-order valence-corrected chi connectivity index (χ0v) is 19.9. The first-order valence-electron chi connectivity index (χ1n) is 7.27. The van der Waals surface area contributed by atoms with Crippen molar-refractivity contribution < 1.29 is 9.59 Å². The number of nitrogens with one attached hydrogen (secondary N) is 1. The van der Waals surface area contributed by atoms with Crippen LogP contribution in [0.25, 0.3) is 11.4 Å². The van der Waals surface area contributed by atoms with Crippen LogP contribution in [0.1, 0.15) is 18.6 Å². The number of benzene rings is 1. The van der Waals surface area contributed by atoms with Gasteiger partial charge >= 0.3 is 0 Å². The van der Waals surface area contributed by atoms with E-state index in [9.17, 15) is 9.59 Å². The highest BCUT2D eigenvalue weighted by Gasteiger charge is 2.34. The van der Waals surface area contributed by atoms with E-state index in [1.807, 2.05) is 0 Å². The third kappa shape index (κ3) is 6.29. The number of rotatable bonds is 5. The molecule has 0 radical (unpaired) electrons. The molecule has 0 fully saturated rings. The highest BCUT2D eigenvalue weighted by atomic mass is 79.9. The molecule has 150 valence electrons. The molecular weight excluding hydrogens is 561 g/mol. The summed E-state index contributed by atoms with van der Waals surface area (Å²) in [5.74, 6) is -1.41. The van der Waals surface area contributed by atoms with Crippen LogP contribution in [0.3, 0.4) is 0 Å². The van der Waals surface area contributed by atoms with Gasteiger partial charge < -0.3 is 5.32 Å². The molecule has 0 saturated carbocycles. The zero-order chi connectivity index (χ0) is 21.3. The SMILES string of the molecule is CC(=O)C(=O)CNc1ccc(-c2nc(C(Cl)(Cl)Cl)nc(C(Cl)(Cl)Cl)n2)cc1Br. The number of hydrogen-bond donors (Lipinski definition) is 1. The third-order valence-corrected chi connectivity index (χ3v) is 4.87. The van der Waals surface area contributed by atoms with E-state index in [0.29, 0.717) is 15.7 Å². The summed E-state index contributed by atoms with van der Waals surface area (Å²) in [5, 5.41) is 2.85. The number of nitrogens with zero attached hydrogens (tertiary/aromatic N) is 3. The maximum absolute atomic E-state index is 11.4. The summed E-state index contributed by atoms with van der Waals surface area (Å²) in [4.78, 5) is 34.6. The lowest BCUT2D eigenvalue weighted by atomic mass is 10.2. The molecule has 0 aliphatic rings. The molecule has 0 spiro atoms. The van der Waals surface area contributed by atoms with Gasteiger partial charge in [0.05, 0.1) is 6.54 Å². The van der Waals surface area contributed by atoms with Gasteiger partial charge in [0, 0.05) is 22.6 Å². The van der Waals surface area contributed by atoms with Crippen LogP contribution in [0.5, 0.6) is 0 Å². The number of carbonyl (C=O) groups excluding carboxylic acids is 2. The first-order chi connectivity index (χ1) is 12.8. The summed E-state index contributed by atoms with van der Waals surface area (Å²) in [5.41, 5.74) is 1.05. The number of aromatic nitrogens is 3. The highest BCUT2D eigenvalue weighted by molar-refractivity contribution is 9.10. The van der Waals surface area contributed by atoms with Crippen molar-refractivity contribution in [2.24, 2.45) is 0 Å². The Kier molecular flexibility index (Phi) is 7.81. The molecule has 0 atom stereocenters. The van der Waals surface area contributed by atoms with Crippen LogP contribution in [0.15, 0.2) is 22.7 Å². The molecule has 0 aliphatic heterocycles. The molecule has 0 aliphatic carbocycles. The van der Waals surface area contributed by atoms with Crippen LogP contribution in [0.4, 0.5) is 5.69 Å². The molecule has 1 aromatic carbocycles.